The zero-order valence-corrected chi connectivity index (χ0v) is 16.8. The minimum absolute atomic E-state index is 0.206. The molecule has 0 radical (unpaired) electrons. The third kappa shape index (κ3) is 4.39. The van der Waals surface area contributed by atoms with Gasteiger partial charge in [-0.05, 0) is 61.1 Å². The maximum atomic E-state index is 12.9. The van der Waals surface area contributed by atoms with Gasteiger partial charge in [0.15, 0.2) is 0 Å². The lowest BCUT2D eigenvalue weighted by molar-refractivity contribution is 0.102. The highest BCUT2D eigenvalue weighted by molar-refractivity contribution is 7.89. The Bertz CT molecular complexity index is 913. The van der Waals surface area contributed by atoms with E-state index in [-0.39, 0.29) is 10.8 Å². The van der Waals surface area contributed by atoms with E-state index < -0.39 is 10.0 Å². The monoisotopic (exact) mass is 386 g/mol. The Hall–Kier alpha value is -2.18. The van der Waals surface area contributed by atoms with Crippen molar-refractivity contribution in [2.24, 2.45) is 11.8 Å². The molecule has 3 rings (SSSR count). The quantitative estimate of drug-likeness (QED) is 0.866. The van der Waals surface area contributed by atoms with Gasteiger partial charge in [-0.25, -0.2) is 8.42 Å². The van der Waals surface area contributed by atoms with E-state index in [0.29, 0.717) is 36.2 Å². The van der Waals surface area contributed by atoms with Crippen LogP contribution < -0.4 is 5.32 Å². The number of piperidine rings is 1. The summed E-state index contributed by atoms with van der Waals surface area (Å²) < 4.78 is 27.4. The number of carbonyl (C=O) groups excluding carboxylic acids is 1. The van der Waals surface area contributed by atoms with Gasteiger partial charge in [-0.3, -0.25) is 4.79 Å². The minimum Gasteiger partial charge on any atom is -0.322 e. The molecule has 27 heavy (non-hydrogen) atoms. The minimum atomic E-state index is -3.51. The van der Waals surface area contributed by atoms with Crippen LogP contribution in [0.25, 0.3) is 0 Å². The zero-order valence-electron chi connectivity index (χ0n) is 16.0. The molecule has 1 amide bonds. The molecule has 0 unspecified atom stereocenters. The first-order chi connectivity index (χ1) is 12.8. The van der Waals surface area contributed by atoms with E-state index in [1.165, 1.54) is 0 Å². The number of benzene rings is 2. The molecular weight excluding hydrogens is 360 g/mol. The van der Waals surface area contributed by atoms with Gasteiger partial charge in [0.2, 0.25) is 10.0 Å². The third-order valence-electron chi connectivity index (χ3n) is 4.98. The molecule has 6 heteroatoms. The summed E-state index contributed by atoms with van der Waals surface area (Å²) in [6.45, 7) is 7.16. The van der Waals surface area contributed by atoms with Crippen molar-refractivity contribution in [3.05, 3.63) is 59.7 Å². The van der Waals surface area contributed by atoms with Crippen LogP contribution in [0.15, 0.2) is 53.4 Å². The van der Waals surface area contributed by atoms with Crippen molar-refractivity contribution in [2.45, 2.75) is 32.1 Å². The van der Waals surface area contributed by atoms with E-state index in [9.17, 15) is 13.2 Å². The summed E-state index contributed by atoms with van der Waals surface area (Å²) >= 11 is 0. The summed E-state index contributed by atoms with van der Waals surface area (Å²) in [6, 6.07) is 13.7. The van der Waals surface area contributed by atoms with Crippen molar-refractivity contribution < 1.29 is 13.2 Å². The first-order valence-electron chi connectivity index (χ1n) is 9.24. The van der Waals surface area contributed by atoms with Crippen molar-refractivity contribution in [2.75, 3.05) is 18.4 Å². The van der Waals surface area contributed by atoms with Crippen LogP contribution in [0, 0.1) is 18.8 Å². The van der Waals surface area contributed by atoms with Crippen LogP contribution in [-0.2, 0) is 10.0 Å². The van der Waals surface area contributed by atoms with Crippen molar-refractivity contribution in [1.82, 2.24) is 4.31 Å². The van der Waals surface area contributed by atoms with Gasteiger partial charge in [-0.2, -0.15) is 4.31 Å². The van der Waals surface area contributed by atoms with E-state index in [4.69, 9.17) is 0 Å². The molecule has 0 bridgehead atoms. The molecule has 5 nitrogen and oxygen atoms in total. The molecule has 0 saturated carbocycles. The number of hydrogen-bond donors (Lipinski definition) is 1. The lowest BCUT2D eigenvalue weighted by atomic mass is 9.94. The summed E-state index contributed by atoms with van der Waals surface area (Å²) in [6.07, 6.45) is 1.05. The molecule has 144 valence electrons. The Morgan fingerprint density at radius 1 is 1.00 bits per heavy atom. The standard InChI is InChI=1S/C21H26N2O3S/c1-15-12-16(2)14-23(13-15)27(25,26)19-10-8-18(9-11-19)22-21(24)20-7-5-4-6-17(20)3/h4-11,15-16H,12-14H2,1-3H3,(H,22,24)/t15-,16+. The molecule has 0 spiro atoms. The first kappa shape index (κ1) is 19.6. The van der Waals surface area contributed by atoms with Crippen LogP contribution >= 0.6 is 0 Å². The Labute approximate surface area is 161 Å². The molecule has 1 aliphatic rings. The highest BCUT2D eigenvalue weighted by Gasteiger charge is 2.31. The lowest BCUT2D eigenvalue weighted by Gasteiger charge is -2.34. The number of amides is 1. The first-order valence-corrected chi connectivity index (χ1v) is 10.7. The smallest absolute Gasteiger partial charge is 0.255 e. The lowest BCUT2D eigenvalue weighted by Crippen LogP contribution is -2.42. The molecular formula is C21H26N2O3S. The maximum Gasteiger partial charge on any atom is 0.255 e. The number of aryl methyl sites for hydroxylation is 1. The Morgan fingerprint density at radius 3 is 2.19 bits per heavy atom. The summed E-state index contributed by atoms with van der Waals surface area (Å²) in [5.74, 6) is 0.509. The normalized spacial score (nSPS) is 21.0. The topological polar surface area (TPSA) is 66.5 Å². The van der Waals surface area contributed by atoms with E-state index in [1.807, 2.05) is 25.1 Å². The van der Waals surface area contributed by atoms with Crippen LogP contribution in [-0.4, -0.2) is 31.7 Å². The molecule has 1 heterocycles. The molecule has 0 aromatic heterocycles. The van der Waals surface area contributed by atoms with Crippen molar-refractivity contribution in [1.29, 1.82) is 0 Å². The van der Waals surface area contributed by atoms with Gasteiger partial charge in [0.05, 0.1) is 4.90 Å². The third-order valence-corrected chi connectivity index (χ3v) is 6.82. The highest BCUT2D eigenvalue weighted by atomic mass is 32.2. The van der Waals surface area contributed by atoms with Crippen LogP contribution in [0.5, 0.6) is 0 Å². The molecule has 0 aliphatic carbocycles. The predicted molar refractivity (Wildman–Crippen MR) is 107 cm³/mol. The van der Waals surface area contributed by atoms with Gasteiger partial charge >= 0.3 is 0 Å². The van der Waals surface area contributed by atoms with E-state index in [0.717, 1.165) is 12.0 Å². The van der Waals surface area contributed by atoms with Gasteiger partial charge in [-0.15, -0.1) is 0 Å². The van der Waals surface area contributed by atoms with E-state index in [1.54, 1.807) is 34.6 Å². The fourth-order valence-electron chi connectivity index (χ4n) is 3.69. The average Bonchev–Trinajstić information content (AvgIpc) is 2.61. The van der Waals surface area contributed by atoms with Crippen molar-refractivity contribution in [3.8, 4) is 0 Å². The fourth-order valence-corrected chi connectivity index (χ4v) is 5.37. The number of rotatable bonds is 4. The number of nitrogens with zero attached hydrogens (tertiary/aromatic N) is 1. The molecule has 2 aromatic carbocycles. The Balaban J connectivity index is 1.75. The molecule has 1 aliphatic heterocycles. The second kappa shape index (κ2) is 7.82. The van der Waals surface area contributed by atoms with Crippen molar-refractivity contribution in [3.63, 3.8) is 0 Å². The average molecular weight is 387 g/mol. The molecule has 2 atom stereocenters. The largest absolute Gasteiger partial charge is 0.322 e. The van der Waals surface area contributed by atoms with Gasteiger partial charge < -0.3 is 5.32 Å². The number of hydrogen-bond acceptors (Lipinski definition) is 3. The number of nitrogens with one attached hydrogen (secondary N) is 1. The Kier molecular flexibility index (Phi) is 5.67. The van der Waals surface area contributed by atoms with Crippen LogP contribution in [0.4, 0.5) is 5.69 Å². The summed E-state index contributed by atoms with van der Waals surface area (Å²) in [7, 11) is -3.51. The summed E-state index contributed by atoms with van der Waals surface area (Å²) in [5.41, 5.74) is 2.07. The summed E-state index contributed by atoms with van der Waals surface area (Å²) in [4.78, 5) is 12.7. The Morgan fingerprint density at radius 2 is 1.59 bits per heavy atom. The molecule has 1 saturated heterocycles. The van der Waals surface area contributed by atoms with Crippen LogP contribution in [0.1, 0.15) is 36.2 Å². The SMILES string of the molecule is Cc1ccccc1C(=O)Nc1ccc(S(=O)(=O)N2C[C@H](C)C[C@H](C)C2)cc1. The molecule has 2 aromatic rings. The second-order valence-electron chi connectivity index (χ2n) is 7.56. The van der Waals surface area contributed by atoms with Gasteiger partial charge in [0.25, 0.3) is 5.91 Å². The van der Waals surface area contributed by atoms with Gasteiger partial charge in [0, 0.05) is 24.3 Å². The molecule has 1 N–H and O–H groups in total. The predicted octanol–water partition coefficient (Wildman–Crippen LogP) is 3.91. The van der Waals surface area contributed by atoms with E-state index in [2.05, 4.69) is 19.2 Å². The number of anilines is 1. The van der Waals surface area contributed by atoms with Gasteiger partial charge in [0.1, 0.15) is 0 Å². The second-order valence-corrected chi connectivity index (χ2v) is 9.50. The number of carbonyl (C=O) groups is 1. The molecule has 1 fully saturated rings. The van der Waals surface area contributed by atoms with Crippen LogP contribution in [0.3, 0.4) is 0 Å². The summed E-state index contributed by atoms with van der Waals surface area (Å²) in [5, 5.41) is 2.82. The highest BCUT2D eigenvalue weighted by Crippen LogP contribution is 2.27. The zero-order chi connectivity index (χ0) is 19.6. The van der Waals surface area contributed by atoms with Crippen LogP contribution in [0.2, 0.25) is 0 Å². The maximum absolute atomic E-state index is 12.9. The fraction of sp³-hybridized carbons (Fsp3) is 0.381. The van der Waals surface area contributed by atoms with Gasteiger partial charge in [-0.1, -0.05) is 32.0 Å². The van der Waals surface area contributed by atoms with Crippen molar-refractivity contribution >= 4 is 21.6 Å². The van der Waals surface area contributed by atoms with E-state index >= 15 is 0 Å². The number of sulfonamides is 1.